The monoisotopic (exact) mass is 527 g/mol. The molecule has 0 saturated heterocycles. The average Bonchev–Trinajstić information content (AvgIpc) is 3.37. The van der Waals surface area contributed by atoms with Crippen LogP contribution < -0.4 is 15.4 Å². The molecular weight excluding hydrogens is 493 g/mol. The van der Waals surface area contributed by atoms with Gasteiger partial charge in [0.05, 0.1) is 18.8 Å². The van der Waals surface area contributed by atoms with Gasteiger partial charge in [0.25, 0.3) is 0 Å². The summed E-state index contributed by atoms with van der Waals surface area (Å²) < 4.78 is 32.9. The van der Waals surface area contributed by atoms with E-state index in [2.05, 4.69) is 20.7 Å². The maximum atomic E-state index is 14.6. The molecule has 0 spiro atoms. The van der Waals surface area contributed by atoms with Crippen molar-refractivity contribution >= 4 is 23.5 Å². The van der Waals surface area contributed by atoms with Gasteiger partial charge in [0.15, 0.2) is 5.65 Å². The highest BCUT2D eigenvalue weighted by atomic mass is 19.1. The van der Waals surface area contributed by atoms with E-state index in [1.54, 1.807) is 40.0 Å². The van der Waals surface area contributed by atoms with Gasteiger partial charge in [-0.3, -0.25) is 0 Å². The number of anilines is 1. The highest BCUT2D eigenvalue weighted by Gasteiger charge is 2.37. The molecule has 0 radical (unpaired) electrons. The lowest BCUT2D eigenvalue weighted by molar-refractivity contribution is 0.0499. The van der Waals surface area contributed by atoms with E-state index in [9.17, 15) is 14.0 Å². The van der Waals surface area contributed by atoms with E-state index in [1.165, 1.54) is 22.8 Å². The summed E-state index contributed by atoms with van der Waals surface area (Å²) >= 11 is 0. The molecule has 1 amide bonds. The first-order valence-electron chi connectivity index (χ1n) is 12.6. The lowest BCUT2D eigenvalue weighted by atomic mass is 9.94. The van der Waals surface area contributed by atoms with Crippen LogP contribution >= 0.6 is 0 Å². The molecule has 2 aromatic heterocycles. The van der Waals surface area contributed by atoms with Gasteiger partial charge in [-0.15, -0.1) is 0 Å². The van der Waals surface area contributed by atoms with E-state index in [4.69, 9.17) is 14.2 Å². The van der Waals surface area contributed by atoms with Crippen LogP contribution in [0.2, 0.25) is 0 Å². The Bertz CT molecular complexity index is 1350. The van der Waals surface area contributed by atoms with Gasteiger partial charge in [-0.25, -0.2) is 23.5 Å². The van der Waals surface area contributed by atoms with Gasteiger partial charge in [0.1, 0.15) is 34.2 Å². The molecule has 204 valence electrons. The fourth-order valence-electron chi connectivity index (χ4n) is 4.42. The number of hydrogen-bond donors (Lipinski definition) is 2. The Morgan fingerprint density at radius 1 is 1.32 bits per heavy atom. The minimum absolute atomic E-state index is 0.242. The van der Waals surface area contributed by atoms with Crippen LogP contribution in [-0.4, -0.2) is 51.0 Å². The number of nitrogens with zero attached hydrogens (tertiary/aromatic N) is 3. The van der Waals surface area contributed by atoms with Gasteiger partial charge in [-0.05, 0) is 59.7 Å². The molecular formula is C27H34FN5O5. The predicted molar refractivity (Wildman–Crippen MR) is 139 cm³/mol. The first-order chi connectivity index (χ1) is 17.9. The van der Waals surface area contributed by atoms with Crippen molar-refractivity contribution in [2.75, 3.05) is 18.5 Å². The zero-order valence-electron chi connectivity index (χ0n) is 22.6. The summed E-state index contributed by atoms with van der Waals surface area (Å²) in [5, 5.41) is 10.2. The van der Waals surface area contributed by atoms with Crippen molar-refractivity contribution in [2.45, 2.75) is 71.6 Å². The van der Waals surface area contributed by atoms with Crippen molar-refractivity contribution in [3.05, 3.63) is 53.1 Å². The zero-order chi connectivity index (χ0) is 27.7. The molecule has 0 aliphatic carbocycles. The Labute approximate surface area is 220 Å². The summed E-state index contributed by atoms with van der Waals surface area (Å²) in [7, 11) is 0. The maximum absolute atomic E-state index is 14.6. The summed E-state index contributed by atoms with van der Waals surface area (Å²) in [6.45, 7) is 11.6. The van der Waals surface area contributed by atoms with Crippen molar-refractivity contribution in [1.29, 1.82) is 0 Å². The van der Waals surface area contributed by atoms with Crippen LogP contribution in [0, 0.1) is 5.82 Å². The summed E-state index contributed by atoms with van der Waals surface area (Å²) in [5.74, 6) is 0.230. The van der Waals surface area contributed by atoms with Gasteiger partial charge < -0.3 is 24.8 Å². The summed E-state index contributed by atoms with van der Waals surface area (Å²) in [6.07, 6.45) is 3.62. The van der Waals surface area contributed by atoms with Crippen LogP contribution in [0.25, 0.3) is 5.65 Å². The first-order valence-corrected chi connectivity index (χ1v) is 12.6. The second kappa shape index (κ2) is 10.5. The molecule has 0 bridgehead atoms. The third-order valence-corrected chi connectivity index (χ3v) is 6.09. The minimum atomic E-state index is -0.622. The Hall–Kier alpha value is -3.89. The molecule has 4 rings (SSSR count). The minimum Gasteiger partial charge on any atom is -0.486 e. The summed E-state index contributed by atoms with van der Waals surface area (Å²) in [4.78, 5) is 28.8. The number of aromatic nitrogens is 3. The second-order valence-corrected chi connectivity index (χ2v) is 10.6. The van der Waals surface area contributed by atoms with Gasteiger partial charge in [0.2, 0.25) is 0 Å². The van der Waals surface area contributed by atoms with E-state index in [-0.39, 0.29) is 24.0 Å². The number of esters is 1. The maximum Gasteiger partial charge on any atom is 0.407 e. The van der Waals surface area contributed by atoms with Crippen molar-refractivity contribution in [1.82, 2.24) is 19.9 Å². The van der Waals surface area contributed by atoms with Crippen LogP contribution in [0.3, 0.4) is 0 Å². The number of carbonyl (C=O) groups excluding carboxylic acids is 2. The molecule has 11 heteroatoms. The molecule has 3 aromatic rings. The van der Waals surface area contributed by atoms with Crippen molar-refractivity contribution < 1.29 is 28.2 Å². The van der Waals surface area contributed by atoms with E-state index < -0.39 is 23.3 Å². The molecule has 38 heavy (non-hydrogen) atoms. The van der Waals surface area contributed by atoms with Crippen LogP contribution in [0.5, 0.6) is 5.75 Å². The Kier molecular flexibility index (Phi) is 7.48. The van der Waals surface area contributed by atoms with Crippen molar-refractivity contribution in [3.8, 4) is 5.75 Å². The van der Waals surface area contributed by atoms with Gasteiger partial charge in [-0.1, -0.05) is 0 Å². The van der Waals surface area contributed by atoms with E-state index >= 15 is 0 Å². The highest BCUT2D eigenvalue weighted by Crippen LogP contribution is 2.42. The fourth-order valence-corrected chi connectivity index (χ4v) is 4.42. The number of nitrogens with one attached hydrogen (secondary N) is 2. The van der Waals surface area contributed by atoms with Crippen LogP contribution in [0.1, 0.15) is 75.5 Å². The summed E-state index contributed by atoms with van der Waals surface area (Å²) in [5.41, 5.74) is 0.812. The topological polar surface area (TPSA) is 116 Å². The molecule has 1 aliphatic heterocycles. The SMILES string of the molecule is CCOC(=O)c1cnn2ccc(N[C@H](C)c3cc(F)cc4c3O[C@@](C)(CCNC(=O)OC(C)(C)C)C4)nc12. The average molecular weight is 528 g/mol. The first kappa shape index (κ1) is 27.2. The molecule has 1 aromatic carbocycles. The normalized spacial score (nSPS) is 17.4. The number of carbonyl (C=O) groups is 2. The lowest BCUT2D eigenvalue weighted by Crippen LogP contribution is -2.38. The third kappa shape index (κ3) is 6.15. The molecule has 2 atom stereocenters. The molecule has 3 heterocycles. The molecule has 0 saturated carbocycles. The number of benzene rings is 1. The van der Waals surface area contributed by atoms with Gasteiger partial charge >= 0.3 is 12.1 Å². The second-order valence-electron chi connectivity index (χ2n) is 10.6. The Morgan fingerprint density at radius 3 is 2.79 bits per heavy atom. The number of fused-ring (bicyclic) bond motifs is 2. The Balaban J connectivity index is 1.48. The van der Waals surface area contributed by atoms with Gasteiger partial charge in [-0.2, -0.15) is 5.10 Å². The Morgan fingerprint density at radius 2 is 2.08 bits per heavy atom. The van der Waals surface area contributed by atoms with E-state index in [1.807, 2.05) is 13.8 Å². The number of rotatable bonds is 8. The van der Waals surface area contributed by atoms with E-state index in [0.717, 1.165) is 5.56 Å². The zero-order valence-corrected chi connectivity index (χ0v) is 22.6. The number of hydrogen-bond acceptors (Lipinski definition) is 8. The van der Waals surface area contributed by atoms with Crippen molar-refractivity contribution in [3.63, 3.8) is 0 Å². The fraction of sp³-hybridized carbons (Fsp3) is 0.481. The lowest BCUT2D eigenvalue weighted by Gasteiger charge is -2.26. The molecule has 0 fully saturated rings. The van der Waals surface area contributed by atoms with Crippen LogP contribution in [0.15, 0.2) is 30.6 Å². The predicted octanol–water partition coefficient (Wildman–Crippen LogP) is 4.83. The summed E-state index contributed by atoms with van der Waals surface area (Å²) in [6, 6.07) is 4.28. The van der Waals surface area contributed by atoms with Crippen LogP contribution in [-0.2, 0) is 15.9 Å². The standard InChI is InChI=1S/C27H34FN5O5/c1-7-36-24(34)20-15-30-33-11-8-21(32-23(20)33)31-16(2)19-13-18(28)12-17-14-27(6,37-22(17)19)9-10-29-25(35)38-26(3,4)5/h8,11-13,15-16H,7,9-10,14H2,1-6H3,(H,29,35)(H,31,32)/t16-,27+/m1/s1. The van der Waals surface area contributed by atoms with E-state index in [0.29, 0.717) is 42.2 Å². The van der Waals surface area contributed by atoms with Crippen LogP contribution in [0.4, 0.5) is 15.0 Å². The quantitative estimate of drug-likeness (QED) is 0.401. The van der Waals surface area contributed by atoms with Crippen molar-refractivity contribution in [2.24, 2.45) is 0 Å². The van der Waals surface area contributed by atoms with Gasteiger partial charge in [0, 0.05) is 36.7 Å². The molecule has 2 N–H and O–H groups in total. The number of halogens is 1. The number of ether oxygens (including phenoxy) is 3. The smallest absolute Gasteiger partial charge is 0.407 e. The molecule has 1 aliphatic rings. The number of alkyl carbamates (subject to hydrolysis) is 1. The third-order valence-electron chi connectivity index (χ3n) is 6.09. The largest absolute Gasteiger partial charge is 0.486 e. The highest BCUT2D eigenvalue weighted by molar-refractivity contribution is 5.95. The molecule has 0 unspecified atom stereocenters. The number of amides is 1. The molecule has 10 nitrogen and oxygen atoms in total.